The van der Waals surface area contributed by atoms with E-state index in [0.29, 0.717) is 25.1 Å². The van der Waals surface area contributed by atoms with Crippen LogP contribution in [0.1, 0.15) is 35.2 Å². The zero-order valence-electron chi connectivity index (χ0n) is 16.8. The summed E-state index contributed by atoms with van der Waals surface area (Å²) in [6.45, 7) is 6.26. The Morgan fingerprint density at radius 3 is 2.38 bits per heavy atom. The van der Waals surface area contributed by atoms with E-state index in [0.717, 1.165) is 30.7 Å². The van der Waals surface area contributed by atoms with Crippen molar-refractivity contribution in [3.05, 3.63) is 70.2 Å². The van der Waals surface area contributed by atoms with Crippen LogP contribution in [-0.4, -0.2) is 60.9 Å². The molecular formula is C23H28BrN3O2. The van der Waals surface area contributed by atoms with Crippen LogP contribution in [0.2, 0.25) is 0 Å². The average Bonchev–Trinajstić information content (AvgIpc) is 2.77. The zero-order valence-corrected chi connectivity index (χ0v) is 18.4. The molecule has 1 unspecified atom stereocenters. The third kappa shape index (κ3) is 6.15. The summed E-state index contributed by atoms with van der Waals surface area (Å²) < 4.78 is 0.937. The van der Waals surface area contributed by atoms with Gasteiger partial charge in [-0.15, -0.1) is 0 Å². The van der Waals surface area contributed by atoms with Crippen molar-refractivity contribution in [3.63, 3.8) is 0 Å². The molecule has 0 aliphatic carbocycles. The highest BCUT2D eigenvalue weighted by atomic mass is 79.9. The summed E-state index contributed by atoms with van der Waals surface area (Å²) in [5, 5.41) is 3.26. The van der Waals surface area contributed by atoms with Gasteiger partial charge in [0, 0.05) is 55.7 Å². The van der Waals surface area contributed by atoms with Crippen LogP contribution >= 0.6 is 15.9 Å². The molecule has 0 bridgehead atoms. The van der Waals surface area contributed by atoms with Crippen molar-refractivity contribution in [3.8, 4) is 0 Å². The predicted octanol–water partition coefficient (Wildman–Crippen LogP) is 3.52. The van der Waals surface area contributed by atoms with Gasteiger partial charge in [0.1, 0.15) is 0 Å². The average molecular weight is 458 g/mol. The van der Waals surface area contributed by atoms with Gasteiger partial charge in [-0.1, -0.05) is 53.2 Å². The number of nitrogens with zero attached hydrogens (tertiary/aromatic N) is 2. The normalized spacial score (nSPS) is 15.0. The standard InChI is InChI=1S/C23H28BrN3O2/c1-18(19-5-3-2-4-6-19)17-27(23(29)20-7-9-21(24)10-8-20)14-11-22(28)26-15-12-25-13-16-26/h2-10,18,25H,11-17H2,1H3. The van der Waals surface area contributed by atoms with E-state index >= 15 is 0 Å². The Morgan fingerprint density at radius 1 is 1.07 bits per heavy atom. The monoisotopic (exact) mass is 457 g/mol. The van der Waals surface area contributed by atoms with Gasteiger partial charge >= 0.3 is 0 Å². The van der Waals surface area contributed by atoms with E-state index in [1.54, 1.807) is 0 Å². The van der Waals surface area contributed by atoms with Crippen molar-refractivity contribution in [2.75, 3.05) is 39.3 Å². The molecule has 0 aromatic heterocycles. The first-order chi connectivity index (χ1) is 14.0. The number of benzene rings is 2. The van der Waals surface area contributed by atoms with E-state index in [2.05, 4.69) is 40.3 Å². The molecule has 1 heterocycles. The molecular weight excluding hydrogens is 430 g/mol. The van der Waals surface area contributed by atoms with Crippen LogP contribution in [0.25, 0.3) is 0 Å². The van der Waals surface area contributed by atoms with Gasteiger partial charge in [0.05, 0.1) is 0 Å². The number of rotatable bonds is 7. The quantitative estimate of drug-likeness (QED) is 0.691. The second kappa shape index (κ2) is 10.6. The van der Waals surface area contributed by atoms with E-state index in [9.17, 15) is 9.59 Å². The van der Waals surface area contributed by atoms with Crippen molar-refractivity contribution >= 4 is 27.7 Å². The fourth-order valence-electron chi connectivity index (χ4n) is 3.57. The maximum atomic E-state index is 13.2. The van der Waals surface area contributed by atoms with E-state index in [1.165, 1.54) is 5.56 Å². The predicted molar refractivity (Wildman–Crippen MR) is 119 cm³/mol. The summed E-state index contributed by atoms with van der Waals surface area (Å²) in [6.07, 6.45) is 0.351. The van der Waals surface area contributed by atoms with Crippen molar-refractivity contribution < 1.29 is 9.59 Å². The molecule has 1 saturated heterocycles. The van der Waals surface area contributed by atoms with Gasteiger partial charge in [-0.3, -0.25) is 9.59 Å². The highest BCUT2D eigenvalue weighted by Crippen LogP contribution is 2.19. The number of carbonyl (C=O) groups is 2. The molecule has 0 saturated carbocycles. The summed E-state index contributed by atoms with van der Waals surface area (Å²) in [7, 11) is 0. The lowest BCUT2D eigenvalue weighted by atomic mass is 10.00. The Bertz CT molecular complexity index is 805. The van der Waals surface area contributed by atoms with Crippen LogP contribution in [0, 0.1) is 0 Å². The molecule has 0 spiro atoms. The van der Waals surface area contributed by atoms with Crippen molar-refractivity contribution in [2.45, 2.75) is 19.3 Å². The molecule has 5 nitrogen and oxygen atoms in total. The largest absolute Gasteiger partial charge is 0.340 e. The molecule has 2 aromatic carbocycles. The molecule has 1 N–H and O–H groups in total. The number of amides is 2. The second-order valence-corrected chi connectivity index (χ2v) is 8.37. The van der Waals surface area contributed by atoms with Gasteiger partial charge in [-0.2, -0.15) is 0 Å². The van der Waals surface area contributed by atoms with E-state index < -0.39 is 0 Å². The number of piperazine rings is 1. The van der Waals surface area contributed by atoms with E-state index in [4.69, 9.17) is 0 Å². The number of nitrogens with one attached hydrogen (secondary N) is 1. The molecule has 1 aliphatic heterocycles. The summed E-state index contributed by atoms with van der Waals surface area (Å²) in [6, 6.07) is 17.6. The van der Waals surface area contributed by atoms with Crippen LogP contribution in [0.3, 0.4) is 0 Å². The first kappa shape index (κ1) is 21.5. The molecule has 2 aromatic rings. The second-order valence-electron chi connectivity index (χ2n) is 7.45. The lowest BCUT2D eigenvalue weighted by Crippen LogP contribution is -2.47. The number of hydrogen-bond donors (Lipinski definition) is 1. The Kier molecular flexibility index (Phi) is 7.83. The lowest BCUT2D eigenvalue weighted by Gasteiger charge is -2.30. The van der Waals surface area contributed by atoms with Crippen LogP contribution < -0.4 is 5.32 Å². The van der Waals surface area contributed by atoms with Gasteiger partial charge in [-0.05, 0) is 35.7 Å². The third-order valence-corrected chi connectivity index (χ3v) is 5.84. The Morgan fingerprint density at radius 2 is 1.72 bits per heavy atom. The molecule has 2 amide bonds. The number of halogens is 1. The van der Waals surface area contributed by atoms with Gasteiger partial charge in [0.2, 0.25) is 5.91 Å². The maximum Gasteiger partial charge on any atom is 0.253 e. The van der Waals surface area contributed by atoms with Gasteiger partial charge in [0.25, 0.3) is 5.91 Å². The van der Waals surface area contributed by atoms with Gasteiger partial charge in [-0.25, -0.2) is 0 Å². The molecule has 1 aliphatic rings. The summed E-state index contributed by atoms with van der Waals surface area (Å²) in [5.74, 6) is 0.269. The van der Waals surface area contributed by atoms with Crippen LogP contribution in [-0.2, 0) is 4.79 Å². The van der Waals surface area contributed by atoms with Gasteiger partial charge in [0.15, 0.2) is 0 Å². The minimum atomic E-state index is -0.0339. The van der Waals surface area contributed by atoms with Gasteiger partial charge < -0.3 is 15.1 Å². The molecule has 0 radical (unpaired) electrons. The summed E-state index contributed by atoms with van der Waals surface area (Å²) in [5.41, 5.74) is 1.83. The van der Waals surface area contributed by atoms with Crippen LogP contribution in [0.4, 0.5) is 0 Å². The first-order valence-corrected chi connectivity index (χ1v) is 10.9. The summed E-state index contributed by atoms with van der Waals surface area (Å²) >= 11 is 3.42. The molecule has 3 rings (SSSR count). The highest BCUT2D eigenvalue weighted by Gasteiger charge is 2.22. The molecule has 1 atom stereocenters. The Labute approximate surface area is 181 Å². The minimum Gasteiger partial charge on any atom is -0.340 e. The van der Waals surface area contributed by atoms with E-state index in [1.807, 2.05) is 52.3 Å². The molecule has 1 fully saturated rings. The maximum absolute atomic E-state index is 13.2. The van der Waals surface area contributed by atoms with Crippen molar-refractivity contribution in [1.29, 1.82) is 0 Å². The fraction of sp³-hybridized carbons (Fsp3) is 0.391. The summed E-state index contributed by atoms with van der Waals surface area (Å²) in [4.78, 5) is 29.5. The first-order valence-electron chi connectivity index (χ1n) is 10.1. The Balaban J connectivity index is 1.70. The smallest absolute Gasteiger partial charge is 0.253 e. The topological polar surface area (TPSA) is 52.7 Å². The van der Waals surface area contributed by atoms with Crippen molar-refractivity contribution in [1.82, 2.24) is 15.1 Å². The fourth-order valence-corrected chi connectivity index (χ4v) is 3.84. The molecule has 154 valence electrons. The number of carbonyl (C=O) groups excluding carboxylic acids is 2. The molecule has 6 heteroatoms. The Hall–Kier alpha value is -2.18. The van der Waals surface area contributed by atoms with Crippen LogP contribution in [0.15, 0.2) is 59.1 Å². The third-order valence-electron chi connectivity index (χ3n) is 5.31. The zero-order chi connectivity index (χ0) is 20.6. The van der Waals surface area contributed by atoms with Crippen LogP contribution in [0.5, 0.6) is 0 Å². The highest BCUT2D eigenvalue weighted by molar-refractivity contribution is 9.10. The van der Waals surface area contributed by atoms with E-state index in [-0.39, 0.29) is 17.7 Å². The molecule has 29 heavy (non-hydrogen) atoms. The lowest BCUT2D eigenvalue weighted by molar-refractivity contribution is -0.131. The van der Waals surface area contributed by atoms with Crippen molar-refractivity contribution in [2.24, 2.45) is 0 Å². The SMILES string of the molecule is CC(CN(CCC(=O)N1CCNCC1)C(=O)c1ccc(Br)cc1)c1ccccc1. The minimum absolute atomic E-state index is 0.0339. The number of hydrogen-bond acceptors (Lipinski definition) is 3.